The Morgan fingerprint density at radius 1 is 1.23 bits per heavy atom. The van der Waals surface area contributed by atoms with E-state index in [0.717, 1.165) is 26.2 Å². The number of hydrogen-bond donors (Lipinski definition) is 0. The minimum atomic E-state index is -2.81. The highest BCUT2D eigenvalue weighted by Crippen LogP contribution is 1.99. The van der Waals surface area contributed by atoms with Crippen molar-refractivity contribution in [2.75, 3.05) is 44.7 Å². The summed E-state index contributed by atoms with van der Waals surface area (Å²) < 4.78 is 21.8. The van der Waals surface area contributed by atoms with Gasteiger partial charge in [0.05, 0.1) is 5.75 Å². The summed E-state index contributed by atoms with van der Waals surface area (Å²) in [6.07, 6.45) is 1.28. The molecule has 1 fully saturated rings. The zero-order valence-corrected chi connectivity index (χ0v) is 8.89. The number of piperazine rings is 1. The Labute approximate surface area is 80.4 Å². The van der Waals surface area contributed by atoms with E-state index in [1.807, 2.05) is 4.90 Å². The molecule has 0 unspecified atom stereocenters. The van der Waals surface area contributed by atoms with Gasteiger partial charge in [0.2, 0.25) is 0 Å². The maximum atomic E-state index is 10.9. The third-order valence-corrected chi connectivity index (χ3v) is 3.17. The van der Waals surface area contributed by atoms with Crippen LogP contribution in [-0.2, 0) is 9.84 Å². The predicted molar refractivity (Wildman–Crippen MR) is 53.1 cm³/mol. The van der Waals surface area contributed by atoms with Gasteiger partial charge in [0.15, 0.2) is 0 Å². The van der Waals surface area contributed by atoms with Crippen molar-refractivity contribution in [3.63, 3.8) is 0 Å². The van der Waals surface area contributed by atoms with Crippen molar-refractivity contribution in [2.45, 2.75) is 0 Å². The van der Waals surface area contributed by atoms with Crippen molar-refractivity contribution >= 4 is 9.84 Å². The van der Waals surface area contributed by atoms with Crippen molar-refractivity contribution < 1.29 is 8.42 Å². The SMILES string of the molecule is [CH2-]N1CCN(CCS(C)(=O)=O)CC1. The summed E-state index contributed by atoms with van der Waals surface area (Å²) in [7, 11) is 1.02. The minimum absolute atomic E-state index is 0.268. The summed E-state index contributed by atoms with van der Waals surface area (Å²) in [5.74, 6) is 0.268. The quantitative estimate of drug-likeness (QED) is 0.579. The Balaban J connectivity index is 2.24. The summed E-state index contributed by atoms with van der Waals surface area (Å²) in [5.41, 5.74) is 0. The maximum Gasteiger partial charge on any atom is 0.148 e. The van der Waals surface area contributed by atoms with Crippen LogP contribution in [0.2, 0.25) is 0 Å². The first kappa shape index (κ1) is 10.9. The highest BCUT2D eigenvalue weighted by atomic mass is 32.2. The number of sulfone groups is 1. The second-order valence-electron chi connectivity index (χ2n) is 3.59. The average Bonchev–Trinajstić information content (AvgIpc) is 2.02. The van der Waals surface area contributed by atoms with Crippen molar-refractivity contribution in [1.29, 1.82) is 0 Å². The monoisotopic (exact) mass is 205 g/mol. The molecule has 1 rings (SSSR count). The Morgan fingerprint density at radius 3 is 2.23 bits per heavy atom. The van der Waals surface area contributed by atoms with Gasteiger partial charge >= 0.3 is 0 Å². The lowest BCUT2D eigenvalue weighted by molar-refractivity contribution is 0.174. The van der Waals surface area contributed by atoms with Crippen LogP contribution in [0.15, 0.2) is 0 Å². The van der Waals surface area contributed by atoms with Gasteiger partial charge in [-0.2, -0.15) is 0 Å². The summed E-state index contributed by atoms with van der Waals surface area (Å²) >= 11 is 0. The topological polar surface area (TPSA) is 40.6 Å². The molecule has 1 saturated heterocycles. The molecule has 0 N–H and O–H groups in total. The molecule has 1 aliphatic heterocycles. The van der Waals surface area contributed by atoms with Crippen LogP contribution in [0.5, 0.6) is 0 Å². The first-order valence-electron chi connectivity index (χ1n) is 4.43. The number of rotatable bonds is 3. The van der Waals surface area contributed by atoms with E-state index in [1.54, 1.807) is 0 Å². The van der Waals surface area contributed by atoms with Crippen molar-refractivity contribution in [3.05, 3.63) is 7.05 Å². The van der Waals surface area contributed by atoms with Crippen molar-refractivity contribution in [3.8, 4) is 0 Å². The fourth-order valence-corrected chi connectivity index (χ4v) is 1.90. The maximum absolute atomic E-state index is 10.9. The normalized spacial score (nSPS) is 22.0. The fourth-order valence-electron chi connectivity index (χ4n) is 1.31. The molecule has 0 amide bonds. The van der Waals surface area contributed by atoms with Gasteiger partial charge in [-0.1, -0.05) is 0 Å². The van der Waals surface area contributed by atoms with Crippen LogP contribution in [0, 0.1) is 7.05 Å². The Hall–Kier alpha value is -0.130. The predicted octanol–water partition coefficient (Wildman–Crippen LogP) is -0.560. The Bertz CT molecular complexity index is 243. The van der Waals surface area contributed by atoms with Gasteiger partial charge in [-0.15, -0.1) is 0 Å². The van der Waals surface area contributed by atoms with E-state index in [4.69, 9.17) is 0 Å². The van der Waals surface area contributed by atoms with Crippen molar-refractivity contribution in [1.82, 2.24) is 9.80 Å². The van der Waals surface area contributed by atoms with Crippen LogP contribution >= 0.6 is 0 Å². The first-order chi connectivity index (χ1) is 5.97. The molecule has 0 bridgehead atoms. The molecule has 5 heteroatoms. The number of hydrogen-bond acceptors (Lipinski definition) is 4. The zero-order valence-electron chi connectivity index (χ0n) is 8.07. The summed E-state index contributed by atoms with van der Waals surface area (Å²) in [4.78, 5) is 4.18. The second kappa shape index (κ2) is 4.39. The molecule has 0 spiro atoms. The van der Waals surface area contributed by atoms with E-state index >= 15 is 0 Å². The van der Waals surface area contributed by atoms with Crippen molar-refractivity contribution in [2.24, 2.45) is 0 Å². The number of nitrogens with zero attached hydrogens (tertiary/aromatic N) is 2. The van der Waals surface area contributed by atoms with E-state index in [2.05, 4.69) is 11.9 Å². The lowest BCUT2D eigenvalue weighted by Gasteiger charge is -2.36. The Kier molecular flexibility index (Phi) is 3.70. The first-order valence-corrected chi connectivity index (χ1v) is 6.49. The molecule has 4 nitrogen and oxygen atoms in total. The third kappa shape index (κ3) is 4.59. The van der Waals surface area contributed by atoms with E-state index in [0.29, 0.717) is 6.54 Å². The van der Waals surface area contributed by atoms with Crippen LogP contribution in [0.25, 0.3) is 0 Å². The summed E-state index contributed by atoms with van der Waals surface area (Å²) in [6.45, 7) is 4.39. The van der Waals surface area contributed by atoms with Crippen LogP contribution < -0.4 is 0 Å². The smallest absolute Gasteiger partial charge is 0.148 e. The molecule has 0 aliphatic carbocycles. The highest BCUT2D eigenvalue weighted by Gasteiger charge is 2.12. The lowest BCUT2D eigenvalue weighted by atomic mass is 10.3. The molecule has 1 aliphatic rings. The molecule has 0 aromatic rings. The highest BCUT2D eigenvalue weighted by molar-refractivity contribution is 7.90. The van der Waals surface area contributed by atoms with E-state index < -0.39 is 9.84 Å². The van der Waals surface area contributed by atoms with Crippen LogP contribution in [0.1, 0.15) is 0 Å². The zero-order chi connectivity index (χ0) is 9.90. The lowest BCUT2D eigenvalue weighted by Crippen LogP contribution is -2.45. The molecule has 0 aromatic heterocycles. The van der Waals surface area contributed by atoms with Gasteiger partial charge in [-0.25, -0.2) is 8.42 Å². The molecule has 0 saturated carbocycles. The minimum Gasteiger partial charge on any atom is -0.457 e. The molecule has 0 radical (unpaired) electrons. The van der Waals surface area contributed by atoms with E-state index in [9.17, 15) is 8.42 Å². The molecule has 13 heavy (non-hydrogen) atoms. The molecular weight excluding hydrogens is 188 g/mol. The van der Waals surface area contributed by atoms with Gasteiger partial charge in [0.25, 0.3) is 0 Å². The van der Waals surface area contributed by atoms with E-state index in [1.165, 1.54) is 6.26 Å². The molecular formula is C8H17N2O2S-. The molecule has 0 aromatic carbocycles. The van der Waals surface area contributed by atoms with E-state index in [-0.39, 0.29) is 5.75 Å². The summed E-state index contributed by atoms with van der Waals surface area (Å²) in [5, 5.41) is 0. The van der Waals surface area contributed by atoms with Crippen LogP contribution in [-0.4, -0.2) is 63.0 Å². The average molecular weight is 205 g/mol. The van der Waals surface area contributed by atoms with Gasteiger partial charge < -0.3 is 4.90 Å². The van der Waals surface area contributed by atoms with Gasteiger partial charge in [0.1, 0.15) is 9.84 Å². The largest absolute Gasteiger partial charge is 0.457 e. The van der Waals surface area contributed by atoms with Crippen LogP contribution in [0.3, 0.4) is 0 Å². The Morgan fingerprint density at radius 2 is 1.77 bits per heavy atom. The van der Waals surface area contributed by atoms with Crippen LogP contribution in [0.4, 0.5) is 0 Å². The van der Waals surface area contributed by atoms with Gasteiger partial charge in [-0.05, 0) is 13.1 Å². The molecule has 0 atom stereocenters. The van der Waals surface area contributed by atoms with Gasteiger partial charge in [0, 0.05) is 25.9 Å². The molecule has 78 valence electrons. The third-order valence-electron chi connectivity index (χ3n) is 2.24. The molecule has 1 heterocycles. The second-order valence-corrected chi connectivity index (χ2v) is 5.85. The standard InChI is InChI=1S/C8H17N2O2S/c1-9-3-5-10(6-4-9)7-8-13(2,11)12/h1,3-8H2,2H3/q-1. The van der Waals surface area contributed by atoms with Gasteiger partial charge in [-0.3, -0.25) is 11.9 Å². The summed E-state index contributed by atoms with van der Waals surface area (Å²) in [6, 6.07) is 0. The fraction of sp³-hybridized carbons (Fsp3) is 0.875.